The minimum atomic E-state index is -0.751. The van der Waals surface area contributed by atoms with E-state index in [-0.39, 0.29) is 31.5 Å². The molecule has 0 aliphatic rings. The van der Waals surface area contributed by atoms with E-state index in [1.807, 2.05) is 51.1 Å². The van der Waals surface area contributed by atoms with Gasteiger partial charge in [0.25, 0.3) is 0 Å². The van der Waals surface area contributed by atoms with Gasteiger partial charge >= 0.3 is 17.3 Å². The van der Waals surface area contributed by atoms with Crippen molar-refractivity contribution in [3.05, 3.63) is 91.5 Å². The molecule has 0 unspecified atom stereocenters. The first-order chi connectivity index (χ1) is 17.7. The number of fused-ring (bicyclic) bond motifs is 1. The fraction of sp³-hybridized carbons (Fsp3) is 0.308. The van der Waals surface area contributed by atoms with E-state index in [4.69, 9.17) is 16.2 Å². The quantitative estimate of drug-likeness (QED) is 0.273. The van der Waals surface area contributed by atoms with Crippen LogP contribution in [-0.4, -0.2) is 19.8 Å². The highest BCUT2D eigenvalue weighted by Gasteiger charge is 2.15. The summed E-state index contributed by atoms with van der Waals surface area (Å²) in [6.07, 6.45) is 0.871. The molecule has 11 heteroatoms. The van der Waals surface area contributed by atoms with Gasteiger partial charge in [-0.15, -0.1) is 0 Å². The number of carbonyl (C=O) groups is 1. The van der Waals surface area contributed by atoms with Crippen LogP contribution < -0.4 is 28.7 Å². The van der Waals surface area contributed by atoms with E-state index in [1.54, 1.807) is 12.1 Å². The number of benzene rings is 2. The molecule has 2 aromatic heterocycles. The van der Waals surface area contributed by atoms with Gasteiger partial charge < -0.3 is 15.1 Å². The predicted molar refractivity (Wildman–Crippen MR) is 138 cm³/mol. The smallest absolute Gasteiger partial charge is 0.353 e. The molecule has 0 spiro atoms. The number of nitrogens with zero attached hydrogens (tertiary/aromatic N) is 4. The molecule has 0 amide bonds. The molecule has 11 nitrogen and oxygen atoms in total. The molecule has 4 N–H and O–H groups in total. The SMILES string of the molecule is CCc1oc2ccc(N=c3n(N)c(=O)n(CCCC(=O)ON)c(=O)n3Cc3ccc(C)cc3)cc2c1C. The van der Waals surface area contributed by atoms with Gasteiger partial charge in [-0.3, -0.25) is 9.36 Å². The second-order valence-corrected chi connectivity index (χ2v) is 8.85. The first-order valence-corrected chi connectivity index (χ1v) is 12.0. The van der Waals surface area contributed by atoms with Crippen molar-refractivity contribution in [2.75, 3.05) is 5.84 Å². The topological polar surface area (TPSA) is 153 Å². The monoisotopic (exact) mass is 506 g/mol. The first-order valence-electron chi connectivity index (χ1n) is 12.0. The van der Waals surface area contributed by atoms with Crippen LogP contribution in [0.15, 0.2) is 61.5 Å². The summed E-state index contributed by atoms with van der Waals surface area (Å²) < 4.78 is 9.06. The second-order valence-electron chi connectivity index (χ2n) is 8.85. The van der Waals surface area contributed by atoms with Crippen molar-refractivity contribution in [1.29, 1.82) is 0 Å². The highest BCUT2D eigenvalue weighted by Crippen LogP contribution is 2.29. The number of nitrogen functional groups attached to an aromatic ring is 1. The third-order valence-electron chi connectivity index (χ3n) is 6.28. The van der Waals surface area contributed by atoms with Crippen LogP contribution in [0, 0.1) is 13.8 Å². The second kappa shape index (κ2) is 10.7. The lowest BCUT2D eigenvalue weighted by molar-refractivity contribution is -0.144. The van der Waals surface area contributed by atoms with Crippen molar-refractivity contribution in [2.24, 2.45) is 10.9 Å². The van der Waals surface area contributed by atoms with Gasteiger partial charge in [-0.2, -0.15) is 10.6 Å². The normalized spacial score (nSPS) is 11.8. The van der Waals surface area contributed by atoms with E-state index in [9.17, 15) is 14.4 Å². The number of rotatable bonds is 8. The van der Waals surface area contributed by atoms with Gasteiger partial charge in [0.15, 0.2) is 0 Å². The molecular weight excluding hydrogens is 476 g/mol. The number of hydrogen-bond donors (Lipinski definition) is 2. The molecule has 4 rings (SSSR count). The van der Waals surface area contributed by atoms with Crippen LogP contribution in [0.2, 0.25) is 0 Å². The third-order valence-corrected chi connectivity index (χ3v) is 6.28. The fourth-order valence-electron chi connectivity index (χ4n) is 4.20. The summed E-state index contributed by atoms with van der Waals surface area (Å²) in [6, 6.07) is 13.1. The van der Waals surface area contributed by atoms with Gasteiger partial charge in [-0.25, -0.2) is 19.1 Å². The van der Waals surface area contributed by atoms with Gasteiger partial charge in [-0.1, -0.05) is 36.8 Å². The van der Waals surface area contributed by atoms with E-state index in [0.717, 1.165) is 49.1 Å². The highest BCUT2D eigenvalue weighted by atomic mass is 16.7. The van der Waals surface area contributed by atoms with E-state index in [2.05, 4.69) is 9.83 Å². The Bertz CT molecular complexity index is 1640. The number of furan rings is 1. The van der Waals surface area contributed by atoms with Gasteiger partial charge in [0.2, 0.25) is 5.62 Å². The summed E-state index contributed by atoms with van der Waals surface area (Å²) >= 11 is 0. The Morgan fingerprint density at radius 2 is 1.78 bits per heavy atom. The van der Waals surface area contributed by atoms with Crippen LogP contribution in [0.3, 0.4) is 0 Å². The van der Waals surface area contributed by atoms with Crippen molar-refractivity contribution in [2.45, 2.75) is 53.1 Å². The summed E-state index contributed by atoms with van der Waals surface area (Å²) in [7, 11) is 0. The van der Waals surface area contributed by atoms with Crippen molar-refractivity contribution < 1.29 is 14.0 Å². The van der Waals surface area contributed by atoms with Crippen LogP contribution in [0.1, 0.15) is 42.2 Å². The lowest BCUT2D eigenvalue weighted by Crippen LogP contribution is -2.57. The number of aryl methyl sites for hydroxylation is 3. The molecule has 4 aromatic rings. The van der Waals surface area contributed by atoms with Crippen LogP contribution in [-0.2, 0) is 29.1 Å². The van der Waals surface area contributed by atoms with Crippen LogP contribution >= 0.6 is 0 Å². The third kappa shape index (κ3) is 5.26. The molecule has 0 aliphatic heterocycles. The minimum absolute atomic E-state index is 0.00981. The molecular formula is C26H30N6O5. The van der Waals surface area contributed by atoms with Gasteiger partial charge in [0.05, 0.1) is 12.2 Å². The summed E-state index contributed by atoms with van der Waals surface area (Å²) in [5.41, 5.74) is 2.80. The largest absolute Gasteiger partial charge is 0.461 e. The van der Waals surface area contributed by atoms with Gasteiger partial charge in [0.1, 0.15) is 11.3 Å². The van der Waals surface area contributed by atoms with E-state index in [1.165, 1.54) is 4.57 Å². The van der Waals surface area contributed by atoms with E-state index >= 15 is 0 Å². The number of nitrogens with two attached hydrogens (primary N) is 2. The average molecular weight is 507 g/mol. The number of aromatic nitrogens is 3. The van der Waals surface area contributed by atoms with Crippen molar-refractivity contribution in [1.82, 2.24) is 13.8 Å². The van der Waals surface area contributed by atoms with Crippen molar-refractivity contribution >= 4 is 22.6 Å². The van der Waals surface area contributed by atoms with Crippen LogP contribution in [0.25, 0.3) is 11.0 Å². The molecule has 2 heterocycles. The van der Waals surface area contributed by atoms with Gasteiger partial charge in [-0.05, 0) is 49.6 Å². The average Bonchev–Trinajstić information content (AvgIpc) is 3.22. The Hall–Kier alpha value is -4.38. The van der Waals surface area contributed by atoms with Crippen molar-refractivity contribution in [3.8, 4) is 0 Å². The maximum atomic E-state index is 13.5. The Morgan fingerprint density at radius 1 is 1.05 bits per heavy atom. The minimum Gasteiger partial charge on any atom is -0.461 e. The molecule has 194 valence electrons. The summed E-state index contributed by atoms with van der Waals surface area (Å²) in [4.78, 5) is 46.8. The molecule has 0 saturated carbocycles. The Labute approximate surface area is 212 Å². The summed E-state index contributed by atoms with van der Waals surface area (Å²) in [5.74, 6) is 11.3. The maximum absolute atomic E-state index is 13.5. The standard InChI is InChI=1S/C26H30N6O5/c1-4-21-17(3)20-14-19(11-12-22(20)36-21)29-24-31(15-18-9-7-16(2)8-10-18)25(34)30(26(35)32(24)27)13-5-6-23(33)37-28/h7-12,14H,4-6,13,15,27-28H2,1-3H3. The molecule has 0 atom stereocenters. The molecule has 0 bridgehead atoms. The molecule has 37 heavy (non-hydrogen) atoms. The fourth-order valence-corrected chi connectivity index (χ4v) is 4.20. The lowest BCUT2D eigenvalue weighted by Gasteiger charge is -2.14. The zero-order chi connectivity index (χ0) is 26.7. The zero-order valence-corrected chi connectivity index (χ0v) is 21.1. The van der Waals surface area contributed by atoms with Gasteiger partial charge in [0, 0.05) is 24.8 Å². The Balaban J connectivity index is 1.88. The molecule has 0 fully saturated rings. The summed E-state index contributed by atoms with van der Waals surface area (Å²) in [6.45, 7) is 6.05. The molecule has 2 aromatic carbocycles. The number of carbonyl (C=O) groups excluding carboxylic acids is 1. The van der Waals surface area contributed by atoms with E-state index < -0.39 is 17.3 Å². The molecule has 0 saturated heterocycles. The lowest BCUT2D eigenvalue weighted by atomic mass is 10.1. The van der Waals surface area contributed by atoms with Crippen molar-refractivity contribution in [3.63, 3.8) is 0 Å². The van der Waals surface area contributed by atoms with Crippen LogP contribution in [0.4, 0.5) is 5.69 Å². The summed E-state index contributed by atoms with van der Waals surface area (Å²) in [5, 5.41) is 0.897. The maximum Gasteiger partial charge on any atom is 0.353 e. The molecule has 0 radical (unpaired) electrons. The zero-order valence-electron chi connectivity index (χ0n) is 21.1. The number of hydrogen-bond acceptors (Lipinski definition) is 8. The Kier molecular flexibility index (Phi) is 7.44. The predicted octanol–water partition coefficient (Wildman–Crippen LogP) is 1.93. The Morgan fingerprint density at radius 3 is 2.46 bits per heavy atom. The highest BCUT2D eigenvalue weighted by molar-refractivity contribution is 5.84. The van der Waals surface area contributed by atoms with Crippen LogP contribution in [0.5, 0.6) is 0 Å². The first kappa shape index (κ1) is 25.7. The van der Waals surface area contributed by atoms with E-state index in [0.29, 0.717) is 5.69 Å². The molecule has 0 aliphatic carbocycles.